The second kappa shape index (κ2) is 7.03. The normalized spacial score (nSPS) is 12.0. The van der Waals surface area contributed by atoms with E-state index in [1.807, 2.05) is 0 Å². The van der Waals surface area contributed by atoms with Gasteiger partial charge in [0.25, 0.3) is 0 Å². The lowest BCUT2D eigenvalue weighted by Gasteiger charge is -2.16. The SMILES string of the molecule is COCC(Oc1ccc(Cl)c(I)c1)C(=O)OC. The highest BCUT2D eigenvalue weighted by Gasteiger charge is 2.21. The Labute approximate surface area is 118 Å². The lowest BCUT2D eigenvalue weighted by atomic mass is 10.3. The van der Waals surface area contributed by atoms with Crippen molar-refractivity contribution >= 4 is 40.2 Å². The predicted molar refractivity (Wildman–Crippen MR) is 72.5 cm³/mol. The molecule has 94 valence electrons. The Bertz CT molecular complexity index is 397. The first-order valence-electron chi connectivity index (χ1n) is 4.77. The summed E-state index contributed by atoms with van der Waals surface area (Å²) in [5.41, 5.74) is 0. The molecule has 1 unspecified atom stereocenters. The maximum Gasteiger partial charge on any atom is 0.349 e. The van der Waals surface area contributed by atoms with Gasteiger partial charge in [-0.05, 0) is 40.8 Å². The van der Waals surface area contributed by atoms with E-state index in [2.05, 4.69) is 27.3 Å². The van der Waals surface area contributed by atoms with E-state index in [0.29, 0.717) is 10.8 Å². The third-order valence-corrected chi connectivity index (χ3v) is 3.49. The van der Waals surface area contributed by atoms with E-state index in [9.17, 15) is 4.79 Å². The summed E-state index contributed by atoms with van der Waals surface area (Å²) in [5, 5.41) is 0.638. The molecule has 0 saturated carbocycles. The first-order valence-corrected chi connectivity index (χ1v) is 6.22. The van der Waals surface area contributed by atoms with Gasteiger partial charge in [0.15, 0.2) is 0 Å². The maximum absolute atomic E-state index is 11.4. The number of halogens is 2. The van der Waals surface area contributed by atoms with E-state index in [1.165, 1.54) is 14.2 Å². The zero-order chi connectivity index (χ0) is 12.8. The Morgan fingerprint density at radius 2 is 2.18 bits per heavy atom. The summed E-state index contributed by atoms with van der Waals surface area (Å²) in [6.07, 6.45) is -0.776. The first-order chi connectivity index (χ1) is 8.08. The van der Waals surface area contributed by atoms with Crippen LogP contribution in [0.4, 0.5) is 0 Å². The van der Waals surface area contributed by atoms with Crippen molar-refractivity contribution < 1.29 is 19.0 Å². The van der Waals surface area contributed by atoms with E-state index in [1.54, 1.807) is 18.2 Å². The average Bonchev–Trinajstić information content (AvgIpc) is 2.32. The van der Waals surface area contributed by atoms with Crippen LogP contribution in [0.3, 0.4) is 0 Å². The van der Waals surface area contributed by atoms with Crippen LogP contribution >= 0.6 is 34.2 Å². The van der Waals surface area contributed by atoms with Gasteiger partial charge in [-0.3, -0.25) is 0 Å². The molecule has 1 aromatic carbocycles. The van der Waals surface area contributed by atoms with Gasteiger partial charge in [0.05, 0.1) is 18.7 Å². The third-order valence-electron chi connectivity index (χ3n) is 1.95. The average molecular weight is 371 g/mol. The van der Waals surface area contributed by atoms with Crippen molar-refractivity contribution in [2.24, 2.45) is 0 Å². The molecule has 0 aliphatic heterocycles. The lowest BCUT2D eigenvalue weighted by molar-refractivity contribution is -0.151. The minimum Gasteiger partial charge on any atom is -0.476 e. The van der Waals surface area contributed by atoms with Crippen molar-refractivity contribution in [2.45, 2.75) is 6.10 Å². The number of rotatable bonds is 5. The third kappa shape index (κ3) is 4.33. The molecule has 0 aromatic heterocycles. The molecule has 6 heteroatoms. The molecule has 0 saturated heterocycles. The van der Waals surface area contributed by atoms with Crippen LogP contribution in [0, 0.1) is 3.57 Å². The number of hydrogen-bond donors (Lipinski definition) is 0. The Morgan fingerprint density at radius 1 is 1.47 bits per heavy atom. The zero-order valence-electron chi connectivity index (χ0n) is 9.41. The quantitative estimate of drug-likeness (QED) is 0.590. The van der Waals surface area contributed by atoms with Crippen molar-refractivity contribution in [2.75, 3.05) is 20.8 Å². The second-order valence-electron chi connectivity index (χ2n) is 3.16. The van der Waals surface area contributed by atoms with Crippen molar-refractivity contribution in [3.05, 3.63) is 26.8 Å². The molecule has 0 aliphatic rings. The van der Waals surface area contributed by atoms with Crippen LogP contribution in [-0.4, -0.2) is 32.9 Å². The highest BCUT2D eigenvalue weighted by molar-refractivity contribution is 14.1. The molecule has 1 rings (SSSR count). The Morgan fingerprint density at radius 3 is 2.71 bits per heavy atom. The number of benzene rings is 1. The highest BCUT2D eigenvalue weighted by Crippen LogP contribution is 2.24. The molecule has 0 amide bonds. The van der Waals surface area contributed by atoms with E-state index >= 15 is 0 Å². The lowest BCUT2D eigenvalue weighted by Crippen LogP contribution is -2.32. The number of carbonyl (C=O) groups excluding carboxylic acids is 1. The summed E-state index contributed by atoms with van der Waals surface area (Å²) in [7, 11) is 2.80. The number of carbonyl (C=O) groups is 1. The summed E-state index contributed by atoms with van der Waals surface area (Å²) in [6.45, 7) is 0.131. The number of ether oxygens (including phenoxy) is 3. The molecule has 17 heavy (non-hydrogen) atoms. The largest absolute Gasteiger partial charge is 0.476 e. The standard InChI is InChI=1S/C11H12ClIO4/c1-15-6-10(11(14)16-2)17-7-3-4-8(12)9(13)5-7/h3-5,10H,6H2,1-2H3. The molecule has 0 spiro atoms. The van der Waals surface area contributed by atoms with Crippen LogP contribution in [0.2, 0.25) is 5.02 Å². The smallest absolute Gasteiger partial charge is 0.349 e. The summed E-state index contributed by atoms with van der Waals surface area (Å²) >= 11 is 7.97. The van der Waals surface area contributed by atoms with Gasteiger partial charge in [-0.25, -0.2) is 4.79 Å². The Kier molecular flexibility index (Phi) is 6.01. The van der Waals surface area contributed by atoms with E-state index in [4.69, 9.17) is 21.1 Å². The van der Waals surface area contributed by atoms with Crippen LogP contribution in [0.15, 0.2) is 18.2 Å². The second-order valence-corrected chi connectivity index (χ2v) is 4.73. The highest BCUT2D eigenvalue weighted by atomic mass is 127. The van der Waals surface area contributed by atoms with Crippen molar-refractivity contribution in [3.8, 4) is 5.75 Å². The fourth-order valence-corrected chi connectivity index (χ4v) is 1.75. The van der Waals surface area contributed by atoms with Crippen LogP contribution in [0.1, 0.15) is 0 Å². The number of esters is 1. The Balaban J connectivity index is 2.78. The van der Waals surface area contributed by atoms with E-state index < -0.39 is 12.1 Å². The number of methoxy groups -OCH3 is 2. The number of hydrogen-bond acceptors (Lipinski definition) is 4. The van der Waals surface area contributed by atoms with Gasteiger partial charge in [-0.15, -0.1) is 0 Å². The summed E-state index contributed by atoms with van der Waals surface area (Å²) in [6, 6.07) is 5.14. The molecule has 0 fully saturated rings. The van der Waals surface area contributed by atoms with E-state index in [-0.39, 0.29) is 6.61 Å². The molecule has 1 aromatic rings. The molecular weight excluding hydrogens is 358 g/mol. The minimum absolute atomic E-state index is 0.131. The van der Waals surface area contributed by atoms with Gasteiger partial charge in [0.2, 0.25) is 6.10 Å². The zero-order valence-corrected chi connectivity index (χ0v) is 12.3. The van der Waals surface area contributed by atoms with Crippen LogP contribution in [0.5, 0.6) is 5.75 Å². The van der Waals surface area contributed by atoms with Gasteiger partial charge < -0.3 is 14.2 Å². The van der Waals surface area contributed by atoms with Crippen molar-refractivity contribution in [3.63, 3.8) is 0 Å². The van der Waals surface area contributed by atoms with E-state index in [0.717, 1.165) is 3.57 Å². The monoisotopic (exact) mass is 370 g/mol. The first kappa shape index (κ1) is 14.5. The predicted octanol–water partition coefficient (Wildman–Crippen LogP) is 2.51. The fraction of sp³-hybridized carbons (Fsp3) is 0.364. The molecule has 0 radical (unpaired) electrons. The van der Waals surface area contributed by atoms with Crippen LogP contribution in [-0.2, 0) is 14.3 Å². The minimum atomic E-state index is -0.776. The van der Waals surface area contributed by atoms with Gasteiger partial charge in [0.1, 0.15) is 5.75 Å². The van der Waals surface area contributed by atoms with Gasteiger partial charge in [-0.1, -0.05) is 11.6 Å². The van der Waals surface area contributed by atoms with Gasteiger partial charge in [-0.2, -0.15) is 0 Å². The molecule has 0 N–H and O–H groups in total. The van der Waals surface area contributed by atoms with Crippen molar-refractivity contribution in [1.29, 1.82) is 0 Å². The fourth-order valence-electron chi connectivity index (χ4n) is 1.15. The molecule has 0 aliphatic carbocycles. The molecule has 0 bridgehead atoms. The Hall–Kier alpha value is -0.530. The van der Waals surface area contributed by atoms with Crippen LogP contribution in [0.25, 0.3) is 0 Å². The van der Waals surface area contributed by atoms with Crippen LogP contribution < -0.4 is 4.74 Å². The molecule has 1 atom stereocenters. The van der Waals surface area contributed by atoms with Gasteiger partial charge >= 0.3 is 5.97 Å². The molecular formula is C11H12ClIO4. The summed E-state index contributed by atoms with van der Waals surface area (Å²) in [5.74, 6) is 0.0723. The molecule has 0 heterocycles. The van der Waals surface area contributed by atoms with Gasteiger partial charge in [0, 0.05) is 10.7 Å². The maximum atomic E-state index is 11.4. The summed E-state index contributed by atoms with van der Waals surface area (Å²) in [4.78, 5) is 11.4. The summed E-state index contributed by atoms with van der Waals surface area (Å²) < 4.78 is 15.8. The topological polar surface area (TPSA) is 44.8 Å². The van der Waals surface area contributed by atoms with Crippen molar-refractivity contribution in [1.82, 2.24) is 0 Å². The molecule has 4 nitrogen and oxygen atoms in total.